The lowest BCUT2D eigenvalue weighted by molar-refractivity contribution is -0.123. The maximum Gasteiger partial charge on any atom is 0.197 e. The third-order valence-corrected chi connectivity index (χ3v) is 6.43. The zero-order valence-electron chi connectivity index (χ0n) is 18.1. The average Bonchev–Trinajstić information content (AvgIpc) is 3.40. The minimum Gasteiger partial charge on any atom is -0.497 e. The molecule has 0 fully saturated rings. The molecule has 0 aliphatic rings. The SMILES string of the molecule is COc1ccc(OC)c(-n2c(SC(C(C)=O)C(C)=O)nnc2-c2c[nH]c3ccccc23)c1. The van der Waals surface area contributed by atoms with E-state index >= 15 is 0 Å². The highest BCUT2D eigenvalue weighted by Gasteiger charge is 2.28. The van der Waals surface area contributed by atoms with Gasteiger partial charge in [0.15, 0.2) is 22.5 Å². The van der Waals surface area contributed by atoms with Gasteiger partial charge in [0.1, 0.15) is 16.7 Å². The number of fused-ring (bicyclic) bond motifs is 1. The minimum atomic E-state index is -0.884. The Hall–Kier alpha value is -3.59. The number of carbonyl (C=O) groups is 2. The quantitative estimate of drug-likeness (QED) is 0.319. The molecule has 32 heavy (non-hydrogen) atoms. The number of Topliss-reactive ketones (excluding diaryl/α,β-unsaturated/α-hetero) is 2. The Morgan fingerprint density at radius 2 is 1.78 bits per heavy atom. The van der Waals surface area contributed by atoms with Crippen LogP contribution in [0.25, 0.3) is 28.0 Å². The number of aromatic amines is 1. The van der Waals surface area contributed by atoms with Crippen molar-refractivity contribution in [3.63, 3.8) is 0 Å². The van der Waals surface area contributed by atoms with E-state index in [0.717, 1.165) is 28.2 Å². The monoisotopic (exact) mass is 450 g/mol. The number of para-hydroxylation sites is 1. The van der Waals surface area contributed by atoms with Crippen molar-refractivity contribution >= 4 is 34.2 Å². The first-order valence-electron chi connectivity index (χ1n) is 9.86. The Morgan fingerprint density at radius 3 is 2.47 bits per heavy atom. The molecule has 0 radical (unpaired) electrons. The van der Waals surface area contributed by atoms with E-state index in [4.69, 9.17) is 9.47 Å². The first-order valence-corrected chi connectivity index (χ1v) is 10.7. The topological polar surface area (TPSA) is 99.1 Å². The molecular formula is C23H22N4O4S. The Balaban J connectivity index is 1.98. The lowest BCUT2D eigenvalue weighted by Crippen LogP contribution is -2.22. The molecule has 0 aliphatic carbocycles. The van der Waals surface area contributed by atoms with E-state index in [1.165, 1.54) is 13.8 Å². The fraction of sp³-hybridized carbons (Fsp3) is 0.217. The van der Waals surface area contributed by atoms with Crippen LogP contribution in [0.4, 0.5) is 0 Å². The maximum atomic E-state index is 12.1. The van der Waals surface area contributed by atoms with Crippen LogP contribution in [0, 0.1) is 0 Å². The number of H-pyrrole nitrogens is 1. The second-order valence-electron chi connectivity index (χ2n) is 7.15. The largest absolute Gasteiger partial charge is 0.497 e. The molecule has 9 heteroatoms. The molecule has 0 unspecified atom stereocenters. The summed E-state index contributed by atoms with van der Waals surface area (Å²) >= 11 is 1.07. The van der Waals surface area contributed by atoms with Crippen LogP contribution in [0.3, 0.4) is 0 Å². The van der Waals surface area contributed by atoms with E-state index < -0.39 is 5.25 Å². The number of ether oxygens (including phenoxy) is 2. The van der Waals surface area contributed by atoms with Crippen LogP contribution in [0.2, 0.25) is 0 Å². The van der Waals surface area contributed by atoms with Crippen molar-refractivity contribution < 1.29 is 19.1 Å². The standard InChI is InChI=1S/C23H22N4O4S/c1-13(28)21(14(2)29)32-23-26-25-22(17-12-24-18-8-6-5-7-16(17)18)27(23)19-11-15(30-3)9-10-20(19)31-4/h5-12,21,24H,1-4H3. The second kappa shape index (κ2) is 8.88. The maximum absolute atomic E-state index is 12.1. The molecule has 0 spiro atoms. The van der Waals surface area contributed by atoms with Gasteiger partial charge in [-0.2, -0.15) is 0 Å². The number of nitrogens with zero attached hydrogens (tertiary/aromatic N) is 3. The minimum absolute atomic E-state index is 0.247. The molecule has 0 amide bonds. The molecule has 4 aromatic rings. The van der Waals surface area contributed by atoms with Crippen LogP contribution in [0.1, 0.15) is 13.8 Å². The Labute approximate surface area is 188 Å². The summed E-state index contributed by atoms with van der Waals surface area (Å²) < 4.78 is 12.8. The average molecular weight is 451 g/mol. The molecule has 2 heterocycles. The number of hydrogen-bond acceptors (Lipinski definition) is 7. The van der Waals surface area contributed by atoms with Gasteiger partial charge in [-0.25, -0.2) is 0 Å². The number of carbonyl (C=O) groups excluding carboxylic acids is 2. The molecule has 4 rings (SSSR count). The summed E-state index contributed by atoms with van der Waals surface area (Å²) in [5.41, 5.74) is 2.41. The molecule has 0 atom stereocenters. The fourth-order valence-electron chi connectivity index (χ4n) is 3.52. The van der Waals surface area contributed by atoms with Crippen LogP contribution >= 0.6 is 11.8 Å². The summed E-state index contributed by atoms with van der Waals surface area (Å²) in [7, 11) is 3.15. The van der Waals surface area contributed by atoms with Gasteiger partial charge in [0, 0.05) is 28.7 Å². The van der Waals surface area contributed by atoms with Gasteiger partial charge in [-0.1, -0.05) is 30.0 Å². The van der Waals surface area contributed by atoms with Crippen molar-refractivity contribution in [2.45, 2.75) is 24.3 Å². The molecule has 0 aliphatic heterocycles. The number of nitrogens with one attached hydrogen (secondary N) is 1. The van der Waals surface area contributed by atoms with Crippen molar-refractivity contribution in [3.8, 4) is 28.6 Å². The third kappa shape index (κ3) is 3.87. The Kier molecular flexibility index (Phi) is 6.00. The van der Waals surface area contributed by atoms with Crippen LogP contribution in [-0.4, -0.2) is 50.8 Å². The van der Waals surface area contributed by atoms with Gasteiger partial charge in [0.05, 0.1) is 19.9 Å². The summed E-state index contributed by atoms with van der Waals surface area (Å²) in [5.74, 6) is 1.23. The van der Waals surface area contributed by atoms with E-state index in [1.807, 2.05) is 30.5 Å². The van der Waals surface area contributed by atoms with Crippen molar-refractivity contribution in [2.24, 2.45) is 0 Å². The summed E-state index contributed by atoms with van der Waals surface area (Å²) in [6.45, 7) is 2.79. The first-order chi connectivity index (χ1) is 15.4. The number of aromatic nitrogens is 4. The van der Waals surface area contributed by atoms with Gasteiger partial charge < -0.3 is 14.5 Å². The highest BCUT2D eigenvalue weighted by molar-refractivity contribution is 8.01. The molecule has 2 aromatic carbocycles. The smallest absolute Gasteiger partial charge is 0.197 e. The molecule has 8 nitrogen and oxygen atoms in total. The van der Waals surface area contributed by atoms with E-state index in [2.05, 4.69) is 15.2 Å². The van der Waals surface area contributed by atoms with E-state index in [9.17, 15) is 9.59 Å². The van der Waals surface area contributed by atoms with Crippen molar-refractivity contribution in [1.82, 2.24) is 19.7 Å². The van der Waals surface area contributed by atoms with Crippen LogP contribution < -0.4 is 9.47 Å². The number of ketones is 2. The molecular weight excluding hydrogens is 428 g/mol. The summed E-state index contributed by atoms with van der Waals surface area (Å²) in [6, 6.07) is 13.2. The third-order valence-electron chi connectivity index (χ3n) is 5.05. The first kappa shape index (κ1) is 21.6. The number of rotatable bonds is 8. The molecule has 2 aromatic heterocycles. The summed E-state index contributed by atoms with van der Waals surface area (Å²) in [6.07, 6.45) is 1.86. The second-order valence-corrected chi connectivity index (χ2v) is 8.22. The molecule has 164 valence electrons. The van der Waals surface area contributed by atoms with Gasteiger partial charge in [0.25, 0.3) is 0 Å². The normalized spacial score (nSPS) is 11.2. The van der Waals surface area contributed by atoms with Crippen LogP contribution in [0.5, 0.6) is 11.5 Å². The zero-order valence-corrected chi connectivity index (χ0v) is 18.9. The predicted molar refractivity (Wildman–Crippen MR) is 123 cm³/mol. The number of thioether (sulfide) groups is 1. The van der Waals surface area contributed by atoms with E-state index in [-0.39, 0.29) is 11.6 Å². The van der Waals surface area contributed by atoms with Crippen LogP contribution in [-0.2, 0) is 9.59 Å². The number of benzene rings is 2. The molecule has 0 saturated carbocycles. The van der Waals surface area contributed by atoms with Crippen molar-refractivity contribution in [2.75, 3.05) is 14.2 Å². The van der Waals surface area contributed by atoms with Crippen molar-refractivity contribution in [1.29, 1.82) is 0 Å². The fourth-order valence-corrected chi connectivity index (χ4v) is 4.44. The Morgan fingerprint density at radius 1 is 1.03 bits per heavy atom. The van der Waals surface area contributed by atoms with E-state index in [0.29, 0.717) is 28.2 Å². The summed E-state index contributed by atoms with van der Waals surface area (Å²) in [4.78, 5) is 27.5. The molecule has 0 saturated heterocycles. The van der Waals surface area contributed by atoms with Gasteiger partial charge >= 0.3 is 0 Å². The lowest BCUT2D eigenvalue weighted by Gasteiger charge is -2.16. The molecule has 1 N–H and O–H groups in total. The Bertz CT molecular complexity index is 1300. The molecule has 0 bridgehead atoms. The number of hydrogen-bond donors (Lipinski definition) is 1. The zero-order chi connectivity index (χ0) is 22.8. The van der Waals surface area contributed by atoms with Gasteiger partial charge in [0.2, 0.25) is 0 Å². The number of methoxy groups -OCH3 is 2. The van der Waals surface area contributed by atoms with Crippen molar-refractivity contribution in [3.05, 3.63) is 48.7 Å². The van der Waals surface area contributed by atoms with Gasteiger partial charge in [-0.3, -0.25) is 14.2 Å². The van der Waals surface area contributed by atoms with Gasteiger partial charge in [-0.15, -0.1) is 10.2 Å². The highest BCUT2D eigenvalue weighted by Crippen LogP contribution is 2.38. The summed E-state index contributed by atoms with van der Waals surface area (Å²) in [5, 5.41) is 9.27. The van der Waals surface area contributed by atoms with Gasteiger partial charge in [-0.05, 0) is 32.0 Å². The predicted octanol–water partition coefficient (Wildman–Crippen LogP) is 4.07. The van der Waals surface area contributed by atoms with Crippen LogP contribution in [0.15, 0.2) is 53.8 Å². The lowest BCUT2D eigenvalue weighted by atomic mass is 10.1. The van der Waals surface area contributed by atoms with E-state index in [1.54, 1.807) is 37.0 Å². The highest BCUT2D eigenvalue weighted by atomic mass is 32.2.